The van der Waals surface area contributed by atoms with Crippen LogP contribution in [0.3, 0.4) is 0 Å². The van der Waals surface area contributed by atoms with Gasteiger partial charge in [0, 0.05) is 22.9 Å². The van der Waals surface area contributed by atoms with E-state index >= 15 is 0 Å². The summed E-state index contributed by atoms with van der Waals surface area (Å²) < 4.78 is 2.52. The summed E-state index contributed by atoms with van der Waals surface area (Å²) in [7, 11) is 0. The van der Waals surface area contributed by atoms with Gasteiger partial charge in [-0.1, -0.05) is 109 Å². The minimum absolute atomic E-state index is 0.913. The molecule has 1 nitrogen and oxygen atoms in total. The fraction of sp³-hybridized carbons (Fsp3) is 0.0667. The predicted octanol–water partition coefficient (Wildman–Crippen LogP) is 8.30. The number of hydrogen-bond donors (Lipinski definition) is 0. The van der Waals surface area contributed by atoms with Crippen LogP contribution in [0.5, 0.6) is 0 Å². The molecule has 0 spiro atoms. The molecule has 0 aliphatic carbocycles. The Kier molecular flexibility index (Phi) is 4.14. The van der Waals surface area contributed by atoms with Gasteiger partial charge in [0.1, 0.15) is 0 Å². The van der Waals surface area contributed by atoms with Crippen molar-refractivity contribution in [2.24, 2.45) is 0 Å². The summed E-state index contributed by atoms with van der Waals surface area (Å²) in [6.07, 6.45) is 0. The van der Waals surface area contributed by atoms with E-state index in [9.17, 15) is 0 Å². The van der Waals surface area contributed by atoms with Gasteiger partial charge in [-0.3, -0.25) is 0 Å². The van der Waals surface area contributed by atoms with Crippen molar-refractivity contribution in [1.82, 2.24) is 4.57 Å². The van der Waals surface area contributed by atoms with E-state index in [1.54, 1.807) is 0 Å². The number of aromatic nitrogens is 1. The lowest BCUT2D eigenvalue weighted by atomic mass is 9.92. The Balaban J connectivity index is 1.96. The maximum atomic E-state index is 2.52. The molecule has 0 radical (unpaired) electrons. The molecular formula is C30H23N. The summed E-state index contributed by atoms with van der Waals surface area (Å²) in [5, 5.41) is 6.62. The van der Waals surface area contributed by atoms with Crippen molar-refractivity contribution in [1.29, 1.82) is 0 Å². The molecule has 0 aliphatic rings. The van der Waals surface area contributed by atoms with Crippen LogP contribution in [0.15, 0.2) is 109 Å². The van der Waals surface area contributed by atoms with Crippen molar-refractivity contribution in [3.63, 3.8) is 0 Å². The highest BCUT2D eigenvalue weighted by atomic mass is 15.0. The van der Waals surface area contributed by atoms with Gasteiger partial charge in [-0.05, 0) is 34.2 Å². The van der Waals surface area contributed by atoms with Crippen LogP contribution < -0.4 is 0 Å². The lowest BCUT2D eigenvalue weighted by Gasteiger charge is -2.12. The molecule has 0 amide bonds. The van der Waals surface area contributed by atoms with Crippen LogP contribution >= 0.6 is 0 Å². The van der Waals surface area contributed by atoms with E-state index in [0.29, 0.717) is 0 Å². The van der Waals surface area contributed by atoms with Crippen LogP contribution in [0.2, 0.25) is 0 Å². The average molecular weight is 398 g/mol. The number of hydrogen-bond acceptors (Lipinski definition) is 0. The molecule has 0 bridgehead atoms. The summed E-state index contributed by atoms with van der Waals surface area (Å²) in [4.78, 5) is 0. The minimum Gasteiger partial charge on any atom is -0.340 e. The van der Waals surface area contributed by atoms with Gasteiger partial charge < -0.3 is 4.57 Å². The molecule has 31 heavy (non-hydrogen) atoms. The summed E-state index contributed by atoms with van der Waals surface area (Å²) in [5.74, 6) is 0. The summed E-state index contributed by atoms with van der Waals surface area (Å²) >= 11 is 0. The highest BCUT2D eigenvalue weighted by molar-refractivity contribution is 6.29. The molecule has 0 saturated heterocycles. The molecule has 1 heteroatoms. The molecule has 6 aromatic rings. The molecule has 0 aliphatic heterocycles. The van der Waals surface area contributed by atoms with E-state index < -0.39 is 0 Å². The average Bonchev–Trinajstić information content (AvgIpc) is 3.21. The smallest absolute Gasteiger partial charge is 0.0577 e. The zero-order valence-corrected chi connectivity index (χ0v) is 17.5. The second kappa shape index (κ2) is 7.14. The minimum atomic E-state index is 0.913. The van der Waals surface area contributed by atoms with Crippen molar-refractivity contribution in [2.75, 3.05) is 0 Å². The van der Waals surface area contributed by atoms with E-state index in [4.69, 9.17) is 0 Å². The van der Waals surface area contributed by atoms with E-state index in [0.717, 1.165) is 6.54 Å². The van der Waals surface area contributed by atoms with E-state index in [2.05, 4.69) is 121 Å². The summed E-state index contributed by atoms with van der Waals surface area (Å²) in [6.45, 7) is 3.17. The maximum Gasteiger partial charge on any atom is 0.0577 e. The molecule has 5 aromatic carbocycles. The van der Waals surface area contributed by atoms with Crippen molar-refractivity contribution in [2.45, 2.75) is 13.5 Å². The Morgan fingerprint density at radius 3 is 1.61 bits per heavy atom. The van der Waals surface area contributed by atoms with Gasteiger partial charge >= 0.3 is 0 Å². The number of benzene rings is 5. The Morgan fingerprint density at radius 1 is 0.516 bits per heavy atom. The van der Waals surface area contributed by atoms with Crippen LogP contribution in [0.4, 0.5) is 0 Å². The molecule has 0 saturated carbocycles. The normalized spacial score (nSPS) is 11.5. The summed E-state index contributed by atoms with van der Waals surface area (Å²) in [5.41, 5.74) is 6.47. The number of fused-ring (bicyclic) bond motifs is 6. The van der Waals surface area contributed by atoms with Crippen LogP contribution in [0, 0.1) is 0 Å². The quantitative estimate of drug-likeness (QED) is 0.265. The number of aryl methyl sites for hydroxylation is 1. The first-order valence-electron chi connectivity index (χ1n) is 10.9. The van der Waals surface area contributed by atoms with Gasteiger partial charge in [-0.15, -0.1) is 0 Å². The van der Waals surface area contributed by atoms with Gasteiger partial charge in [-0.2, -0.15) is 0 Å². The first-order chi connectivity index (χ1) is 15.4. The van der Waals surface area contributed by atoms with Gasteiger partial charge in [0.2, 0.25) is 0 Å². The van der Waals surface area contributed by atoms with Crippen molar-refractivity contribution in [3.8, 4) is 22.4 Å². The zero-order valence-electron chi connectivity index (χ0n) is 17.5. The second-order valence-electron chi connectivity index (χ2n) is 8.01. The van der Waals surface area contributed by atoms with Crippen LogP contribution in [0.1, 0.15) is 6.92 Å². The molecule has 0 fully saturated rings. The van der Waals surface area contributed by atoms with Gasteiger partial charge in [-0.25, -0.2) is 0 Å². The SMILES string of the molecule is CCn1c(-c2ccccc2)c(-c2ccccc2)c2c3ccccc3c3ccccc3c21. The van der Waals surface area contributed by atoms with Gasteiger partial charge in [0.05, 0.1) is 11.2 Å². The molecule has 1 aromatic heterocycles. The highest BCUT2D eigenvalue weighted by Gasteiger charge is 2.23. The predicted molar refractivity (Wildman–Crippen MR) is 133 cm³/mol. The lowest BCUT2D eigenvalue weighted by molar-refractivity contribution is 0.808. The first kappa shape index (κ1) is 18.0. The largest absolute Gasteiger partial charge is 0.340 e. The Morgan fingerprint density at radius 2 is 1.00 bits per heavy atom. The van der Waals surface area contributed by atoms with E-state index in [1.165, 1.54) is 54.8 Å². The molecular weight excluding hydrogens is 374 g/mol. The third kappa shape index (κ3) is 2.63. The third-order valence-electron chi connectivity index (χ3n) is 6.36. The summed E-state index contributed by atoms with van der Waals surface area (Å²) in [6, 6.07) is 39.4. The maximum absolute atomic E-state index is 2.52. The Bertz CT molecular complexity index is 1540. The van der Waals surface area contributed by atoms with Crippen LogP contribution in [-0.4, -0.2) is 4.57 Å². The first-order valence-corrected chi connectivity index (χ1v) is 10.9. The topological polar surface area (TPSA) is 4.93 Å². The zero-order chi connectivity index (χ0) is 20.8. The fourth-order valence-electron chi connectivity index (χ4n) is 5.12. The number of rotatable bonds is 3. The third-order valence-corrected chi connectivity index (χ3v) is 6.36. The molecule has 1 heterocycles. The molecule has 0 atom stereocenters. The Hall–Kier alpha value is -3.84. The highest BCUT2D eigenvalue weighted by Crippen LogP contribution is 2.47. The Labute approximate surface area is 182 Å². The molecule has 0 unspecified atom stereocenters. The van der Waals surface area contributed by atoms with E-state index in [-0.39, 0.29) is 0 Å². The number of nitrogens with zero attached hydrogens (tertiary/aromatic N) is 1. The van der Waals surface area contributed by atoms with Crippen molar-refractivity contribution in [3.05, 3.63) is 109 Å². The monoisotopic (exact) mass is 397 g/mol. The van der Waals surface area contributed by atoms with Crippen LogP contribution in [-0.2, 0) is 6.54 Å². The van der Waals surface area contributed by atoms with Crippen molar-refractivity contribution >= 4 is 32.4 Å². The molecule has 0 N–H and O–H groups in total. The van der Waals surface area contributed by atoms with Crippen LogP contribution in [0.25, 0.3) is 54.8 Å². The van der Waals surface area contributed by atoms with E-state index in [1.807, 2.05) is 0 Å². The fourth-order valence-corrected chi connectivity index (χ4v) is 5.12. The van der Waals surface area contributed by atoms with Gasteiger partial charge in [0.25, 0.3) is 0 Å². The van der Waals surface area contributed by atoms with Crippen molar-refractivity contribution < 1.29 is 0 Å². The molecule has 148 valence electrons. The molecule has 6 rings (SSSR count). The van der Waals surface area contributed by atoms with Gasteiger partial charge in [0.15, 0.2) is 0 Å². The second-order valence-corrected chi connectivity index (χ2v) is 8.01. The standard InChI is InChI=1S/C30H23N/c1-2-31-29(22-15-7-4-8-16-22)27(21-13-5-3-6-14-21)28-25-19-11-9-17-23(25)24-18-10-12-20-26(24)30(28)31/h3-20H,2H2,1H3. The lowest BCUT2D eigenvalue weighted by Crippen LogP contribution is -1.98.